The van der Waals surface area contributed by atoms with Crippen LogP contribution in [0.2, 0.25) is 0 Å². The molecular formula is C21H20O. The molecule has 0 saturated heterocycles. The van der Waals surface area contributed by atoms with Crippen molar-refractivity contribution in [2.45, 2.75) is 31.6 Å². The van der Waals surface area contributed by atoms with Gasteiger partial charge in [0.1, 0.15) is 5.78 Å². The molecule has 1 heteroatoms. The standard InChI is InChI=1S/C21H20O/c22-21-11-5-8-17(21)14-20-18-9-3-1-6-15(18)12-13-16-7-2-4-10-19(16)20/h1-4,6-7,9-10,12-13,17,20H,5,8,11,14H2. The molecule has 0 aromatic heterocycles. The maximum absolute atomic E-state index is 12.1. The third kappa shape index (κ3) is 2.31. The first-order valence-corrected chi connectivity index (χ1v) is 8.21. The molecule has 2 aromatic carbocycles. The summed E-state index contributed by atoms with van der Waals surface area (Å²) in [6, 6.07) is 17.2. The first-order chi connectivity index (χ1) is 10.8. The number of rotatable bonds is 2. The first kappa shape index (κ1) is 13.5. The number of carbonyl (C=O) groups excluding carboxylic acids is 1. The topological polar surface area (TPSA) is 17.1 Å². The molecule has 22 heavy (non-hydrogen) atoms. The lowest BCUT2D eigenvalue weighted by Gasteiger charge is -2.23. The summed E-state index contributed by atoms with van der Waals surface area (Å²) in [5, 5.41) is 0. The van der Waals surface area contributed by atoms with Gasteiger partial charge in [-0.15, -0.1) is 0 Å². The van der Waals surface area contributed by atoms with Gasteiger partial charge in [0.25, 0.3) is 0 Å². The molecule has 1 saturated carbocycles. The van der Waals surface area contributed by atoms with Gasteiger partial charge in [0.15, 0.2) is 0 Å². The highest BCUT2D eigenvalue weighted by atomic mass is 16.1. The zero-order chi connectivity index (χ0) is 14.9. The second-order valence-corrected chi connectivity index (χ2v) is 6.43. The van der Waals surface area contributed by atoms with Crippen molar-refractivity contribution in [3.05, 3.63) is 70.8 Å². The van der Waals surface area contributed by atoms with Gasteiger partial charge in [-0.1, -0.05) is 60.7 Å². The lowest BCUT2D eigenvalue weighted by molar-refractivity contribution is -0.120. The summed E-state index contributed by atoms with van der Waals surface area (Å²) in [4.78, 5) is 12.1. The van der Waals surface area contributed by atoms with E-state index in [9.17, 15) is 4.79 Å². The maximum atomic E-state index is 12.1. The third-order valence-electron chi connectivity index (χ3n) is 5.14. The molecule has 110 valence electrons. The third-order valence-corrected chi connectivity index (χ3v) is 5.14. The average molecular weight is 288 g/mol. The zero-order valence-electron chi connectivity index (χ0n) is 12.7. The maximum Gasteiger partial charge on any atom is 0.136 e. The molecule has 0 amide bonds. The predicted octanol–water partition coefficient (Wildman–Crippen LogP) is 5.06. The van der Waals surface area contributed by atoms with E-state index in [0.717, 1.165) is 25.7 Å². The molecule has 2 aliphatic carbocycles. The van der Waals surface area contributed by atoms with E-state index in [1.54, 1.807) is 0 Å². The molecule has 0 bridgehead atoms. The van der Waals surface area contributed by atoms with Gasteiger partial charge in [0.2, 0.25) is 0 Å². The largest absolute Gasteiger partial charge is 0.299 e. The monoisotopic (exact) mass is 288 g/mol. The minimum Gasteiger partial charge on any atom is -0.299 e. The molecule has 2 aromatic rings. The highest BCUT2D eigenvalue weighted by Gasteiger charge is 2.30. The molecule has 0 N–H and O–H groups in total. The second-order valence-electron chi connectivity index (χ2n) is 6.43. The summed E-state index contributed by atoms with van der Waals surface area (Å²) >= 11 is 0. The van der Waals surface area contributed by atoms with Crippen LogP contribution in [0.15, 0.2) is 48.5 Å². The fraction of sp³-hybridized carbons (Fsp3) is 0.286. The molecule has 4 rings (SSSR count). The SMILES string of the molecule is O=C1CCCC1CC1c2ccccc2C=Cc2ccccc21. The van der Waals surface area contributed by atoms with Crippen LogP contribution in [0.25, 0.3) is 12.2 Å². The van der Waals surface area contributed by atoms with Gasteiger partial charge in [0.05, 0.1) is 0 Å². The molecule has 1 fully saturated rings. The quantitative estimate of drug-likeness (QED) is 0.754. The molecule has 0 radical (unpaired) electrons. The average Bonchev–Trinajstić information content (AvgIpc) is 2.88. The van der Waals surface area contributed by atoms with Crippen LogP contribution in [0, 0.1) is 5.92 Å². The number of benzene rings is 2. The van der Waals surface area contributed by atoms with Crippen LogP contribution in [0.3, 0.4) is 0 Å². The number of ketones is 1. The molecule has 0 heterocycles. The van der Waals surface area contributed by atoms with E-state index in [2.05, 4.69) is 60.7 Å². The van der Waals surface area contributed by atoms with Crippen molar-refractivity contribution in [3.63, 3.8) is 0 Å². The van der Waals surface area contributed by atoms with E-state index >= 15 is 0 Å². The Labute approximate surface area is 131 Å². The summed E-state index contributed by atoms with van der Waals surface area (Å²) in [5.74, 6) is 1.03. The van der Waals surface area contributed by atoms with Crippen molar-refractivity contribution in [2.75, 3.05) is 0 Å². The molecule has 2 aliphatic rings. The summed E-state index contributed by atoms with van der Waals surface area (Å²) in [5.41, 5.74) is 5.30. The number of Topliss-reactive ketones (excluding diaryl/α,β-unsaturated/α-hetero) is 1. The van der Waals surface area contributed by atoms with E-state index < -0.39 is 0 Å². The Morgan fingerprint density at radius 3 is 2.00 bits per heavy atom. The molecule has 0 spiro atoms. The summed E-state index contributed by atoms with van der Waals surface area (Å²) in [6.45, 7) is 0. The molecular weight excluding hydrogens is 268 g/mol. The van der Waals surface area contributed by atoms with Gasteiger partial charge in [0, 0.05) is 18.3 Å². The van der Waals surface area contributed by atoms with Crippen LogP contribution in [-0.2, 0) is 4.79 Å². The van der Waals surface area contributed by atoms with Crippen LogP contribution < -0.4 is 0 Å². The Morgan fingerprint density at radius 1 is 0.864 bits per heavy atom. The Balaban J connectivity index is 1.81. The molecule has 1 unspecified atom stereocenters. The second kappa shape index (κ2) is 5.57. The minimum absolute atomic E-state index is 0.240. The van der Waals surface area contributed by atoms with E-state index in [0.29, 0.717) is 11.7 Å². The number of hydrogen-bond donors (Lipinski definition) is 0. The van der Waals surface area contributed by atoms with E-state index in [-0.39, 0.29) is 5.92 Å². The van der Waals surface area contributed by atoms with Crippen LogP contribution >= 0.6 is 0 Å². The van der Waals surface area contributed by atoms with Crippen LogP contribution in [0.5, 0.6) is 0 Å². The normalized spacial score (nSPS) is 20.5. The molecule has 1 nitrogen and oxygen atoms in total. The summed E-state index contributed by atoms with van der Waals surface area (Å²) in [6.07, 6.45) is 8.29. The van der Waals surface area contributed by atoms with Gasteiger partial charge < -0.3 is 0 Å². The highest BCUT2D eigenvalue weighted by Crippen LogP contribution is 2.40. The number of fused-ring (bicyclic) bond motifs is 2. The van der Waals surface area contributed by atoms with Gasteiger partial charge in [-0.3, -0.25) is 4.79 Å². The Kier molecular flexibility index (Phi) is 3.42. The van der Waals surface area contributed by atoms with Gasteiger partial charge >= 0.3 is 0 Å². The lowest BCUT2D eigenvalue weighted by Crippen LogP contribution is -2.14. The van der Waals surface area contributed by atoms with Gasteiger partial charge in [-0.2, -0.15) is 0 Å². The fourth-order valence-electron chi connectivity index (χ4n) is 3.98. The van der Waals surface area contributed by atoms with Crippen molar-refractivity contribution in [3.8, 4) is 0 Å². The van der Waals surface area contributed by atoms with Crippen molar-refractivity contribution < 1.29 is 4.79 Å². The smallest absolute Gasteiger partial charge is 0.136 e. The Hall–Kier alpha value is -2.15. The van der Waals surface area contributed by atoms with Crippen molar-refractivity contribution in [2.24, 2.45) is 5.92 Å². The molecule has 1 atom stereocenters. The van der Waals surface area contributed by atoms with E-state index in [4.69, 9.17) is 0 Å². The summed E-state index contributed by atoms with van der Waals surface area (Å²) in [7, 11) is 0. The van der Waals surface area contributed by atoms with E-state index in [1.165, 1.54) is 22.3 Å². The highest BCUT2D eigenvalue weighted by molar-refractivity contribution is 5.83. The first-order valence-electron chi connectivity index (χ1n) is 8.21. The Bertz CT molecular complexity index is 692. The van der Waals surface area contributed by atoms with Crippen LogP contribution in [-0.4, -0.2) is 5.78 Å². The number of carbonyl (C=O) groups is 1. The number of hydrogen-bond acceptors (Lipinski definition) is 1. The Morgan fingerprint density at radius 2 is 1.45 bits per heavy atom. The lowest BCUT2D eigenvalue weighted by atomic mass is 9.80. The molecule has 0 aliphatic heterocycles. The zero-order valence-corrected chi connectivity index (χ0v) is 12.7. The van der Waals surface area contributed by atoms with Crippen molar-refractivity contribution in [1.82, 2.24) is 0 Å². The van der Waals surface area contributed by atoms with Gasteiger partial charge in [-0.25, -0.2) is 0 Å². The summed E-state index contributed by atoms with van der Waals surface area (Å²) < 4.78 is 0. The van der Waals surface area contributed by atoms with E-state index in [1.807, 2.05) is 0 Å². The van der Waals surface area contributed by atoms with Crippen LogP contribution in [0.1, 0.15) is 53.9 Å². The van der Waals surface area contributed by atoms with Crippen molar-refractivity contribution >= 4 is 17.9 Å². The fourth-order valence-corrected chi connectivity index (χ4v) is 3.98. The predicted molar refractivity (Wildman–Crippen MR) is 90.6 cm³/mol. The van der Waals surface area contributed by atoms with Crippen LogP contribution in [0.4, 0.5) is 0 Å². The van der Waals surface area contributed by atoms with Gasteiger partial charge in [-0.05, 0) is 41.5 Å². The minimum atomic E-state index is 0.240. The van der Waals surface area contributed by atoms with Crippen molar-refractivity contribution in [1.29, 1.82) is 0 Å².